The average Bonchev–Trinajstić information content (AvgIpc) is 2.20. The Morgan fingerprint density at radius 1 is 1.47 bits per heavy atom. The summed E-state index contributed by atoms with van der Waals surface area (Å²) in [6, 6.07) is 5.17. The second-order valence-corrected chi connectivity index (χ2v) is 4.92. The highest BCUT2D eigenvalue weighted by Crippen LogP contribution is 2.26. The molecule has 0 fully saturated rings. The first kappa shape index (κ1) is 12.5. The van der Waals surface area contributed by atoms with Crippen molar-refractivity contribution in [1.82, 2.24) is 0 Å². The molecule has 5 heteroatoms. The molecule has 3 nitrogen and oxygen atoms in total. The zero-order valence-electron chi connectivity index (χ0n) is 7.94. The average molecular weight is 291 g/mol. The summed E-state index contributed by atoms with van der Waals surface area (Å²) in [5.41, 5.74) is 0.298. The molecule has 1 rings (SSSR count). The number of carbonyl (C=O) groups is 1. The Morgan fingerprint density at radius 3 is 2.80 bits per heavy atom. The van der Waals surface area contributed by atoms with Crippen LogP contribution in [0.3, 0.4) is 0 Å². The lowest BCUT2D eigenvalue weighted by molar-refractivity contribution is 0.0693. The van der Waals surface area contributed by atoms with E-state index >= 15 is 0 Å². The minimum absolute atomic E-state index is 0.131. The lowest BCUT2D eigenvalue weighted by atomic mass is 10.2. The standard InChI is InChI=1S/C10H11BrO3S/c11-7-2-3-9(15-5-1-4-12)8(6-7)10(13)14/h2-3,6,12H,1,4-5H2,(H,13,14). The number of thioether (sulfide) groups is 1. The van der Waals surface area contributed by atoms with Crippen molar-refractivity contribution in [1.29, 1.82) is 0 Å². The molecule has 1 aromatic carbocycles. The van der Waals surface area contributed by atoms with E-state index in [1.807, 2.05) is 6.07 Å². The molecule has 15 heavy (non-hydrogen) atoms. The minimum atomic E-state index is -0.928. The summed E-state index contributed by atoms with van der Waals surface area (Å²) < 4.78 is 0.756. The molecule has 0 radical (unpaired) electrons. The predicted octanol–water partition coefficient (Wildman–Crippen LogP) is 2.62. The van der Waals surface area contributed by atoms with E-state index in [9.17, 15) is 4.79 Å². The van der Waals surface area contributed by atoms with Gasteiger partial charge in [-0.05, 0) is 24.6 Å². The minimum Gasteiger partial charge on any atom is -0.478 e. The maximum atomic E-state index is 10.9. The van der Waals surface area contributed by atoms with Crippen LogP contribution < -0.4 is 0 Å². The van der Waals surface area contributed by atoms with E-state index < -0.39 is 5.97 Å². The number of hydrogen-bond donors (Lipinski definition) is 2. The van der Waals surface area contributed by atoms with Crippen molar-refractivity contribution >= 4 is 33.7 Å². The van der Waals surface area contributed by atoms with Crippen LogP contribution in [0.15, 0.2) is 27.6 Å². The summed E-state index contributed by atoms with van der Waals surface area (Å²) in [4.78, 5) is 11.7. The summed E-state index contributed by atoms with van der Waals surface area (Å²) in [7, 11) is 0. The van der Waals surface area contributed by atoms with Crippen molar-refractivity contribution in [2.45, 2.75) is 11.3 Å². The van der Waals surface area contributed by atoms with Gasteiger partial charge in [0, 0.05) is 21.7 Å². The highest BCUT2D eigenvalue weighted by Gasteiger charge is 2.10. The van der Waals surface area contributed by atoms with Crippen molar-refractivity contribution in [2.24, 2.45) is 0 Å². The van der Waals surface area contributed by atoms with Gasteiger partial charge < -0.3 is 10.2 Å². The topological polar surface area (TPSA) is 57.5 Å². The SMILES string of the molecule is O=C(O)c1cc(Br)ccc1SCCCO. The van der Waals surface area contributed by atoms with Gasteiger partial charge in [0.25, 0.3) is 0 Å². The van der Waals surface area contributed by atoms with E-state index in [0.717, 1.165) is 15.1 Å². The number of aliphatic hydroxyl groups is 1. The van der Waals surface area contributed by atoms with Crippen molar-refractivity contribution in [2.75, 3.05) is 12.4 Å². The monoisotopic (exact) mass is 290 g/mol. The summed E-state index contributed by atoms with van der Waals surface area (Å²) in [6.45, 7) is 0.131. The molecule has 0 atom stereocenters. The van der Waals surface area contributed by atoms with Gasteiger partial charge >= 0.3 is 5.97 Å². The molecule has 0 unspecified atom stereocenters. The number of carboxylic acid groups (broad SMARTS) is 1. The Kier molecular flexibility index (Phi) is 5.14. The van der Waals surface area contributed by atoms with E-state index in [-0.39, 0.29) is 6.61 Å². The highest BCUT2D eigenvalue weighted by molar-refractivity contribution is 9.10. The number of hydrogen-bond acceptors (Lipinski definition) is 3. The lowest BCUT2D eigenvalue weighted by Crippen LogP contribution is -1.99. The summed E-state index contributed by atoms with van der Waals surface area (Å²) >= 11 is 4.68. The number of rotatable bonds is 5. The van der Waals surface area contributed by atoms with Gasteiger partial charge in [-0.1, -0.05) is 15.9 Å². The van der Waals surface area contributed by atoms with E-state index in [1.165, 1.54) is 11.8 Å². The van der Waals surface area contributed by atoms with Crippen LogP contribution in [-0.4, -0.2) is 28.5 Å². The van der Waals surface area contributed by atoms with Crippen LogP contribution in [0, 0.1) is 0 Å². The van der Waals surface area contributed by atoms with Gasteiger partial charge in [0.2, 0.25) is 0 Å². The number of halogens is 1. The lowest BCUT2D eigenvalue weighted by Gasteiger charge is -2.05. The van der Waals surface area contributed by atoms with Crippen LogP contribution in [0.25, 0.3) is 0 Å². The first-order valence-corrected chi connectivity index (χ1v) is 6.19. The Labute approximate surface area is 101 Å². The maximum absolute atomic E-state index is 10.9. The molecule has 0 saturated heterocycles. The number of benzene rings is 1. The molecule has 0 saturated carbocycles. The Bertz CT molecular complexity index is 355. The van der Waals surface area contributed by atoms with Gasteiger partial charge in [0.15, 0.2) is 0 Å². The normalized spacial score (nSPS) is 10.3. The zero-order valence-corrected chi connectivity index (χ0v) is 10.3. The van der Waals surface area contributed by atoms with Crippen molar-refractivity contribution < 1.29 is 15.0 Å². The second-order valence-electron chi connectivity index (χ2n) is 2.87. The predicted molar refractivity (Wildman–Crippen MR) is 63.5 cm³/mol. The molecular formula is C10H11BrO3S. The third kappa shape index (κ3) is 3.85. The summed E-state index contributed by atoms with van der Waals surface area (Å²) in [5, 5.41) is 17.6. The van der Waals surface area contributed by atoms with Gasteiger partial charge in [0.1, 0.15) is 0 Å². The fourth-order valence-electron chi connectivity index (χ4n) is 1.04. The summed E-state index contributed by atoms with van der Waals surface area (Å²) in [6.07, 6.45) is 0.666. The fraction of sp³-hybridized carbons (Fsp3) is 0.300. The fourth-order valence-corrected chi connectivity index (χ4v) is 2.36. The molecule has 0 amide bonds. The molecule has 0 bridgehead atoms. The molecule has 0 spiro atoms. The number of aliphatic hydroxyl groups excluding tert-OH is 1. The van der Waals surface area contributed by atoms with Gasteiger partial charge in [0.05, 0.1) is 5.56 Å². The molecule has 2 N–H and O–H groups in total. The Morgan fingerprint density at radius 2 is 2.20 bits per heavy atom. The number of aromatic carboxylic acids is 1. The van der Waals surface area contributed by atoms with Crippen LogP contribution >= 0.6 is 27.7 Å². The first-order chi connectivity index (χ1) is 7.15. The smallest absolute Gasteiger partial charge is 0.336 e. The van der Waals surface area contributed by atoms with Crippen LogP contribution in [0.5, 0.6) is 0 Å². The van der Waals surface area contributed by atoms with Crippen LogP contribution in [0.1, 0.15) is 16.8 Å². The molecule has 82 valence electrons. The molecular weight excluding hydrogens is 280 g/mol. The van der Waals surface area contributed by atoms with Crippen LogP contribution in [-0.2, 0) is 0 Å². The van der Waals surface area contributed by atoms with E-state index in [0.29, 0.717) is 12.0 Å². The van der Waals surface area contributed by atoms with Crippen molar-refractivity contribution in [3.63, 3.8) is 0 Å². The van der Waals surface area contributed by atoms with Gasteiger partial charge in [-0.25, -0.2) is 4.79 Å². The molecule has 0 aliphatic rings. The Balaban J connectivity index is 2.81. The molecule has 0 aliphatic carbocycles. The van der Waals surface area contributed by atoms with E-state index in [2.05, 4.69) is 15.9 Å². The third-order valence-corrected chi connectivity index (χ3v) is 3.39. The van der Waals surface area contributed by atoms with Crippen molar-refractivity contribution in [3.8, 4) is 0 Å². The Hall–Kier alpha value is -0.520. The molecule has 1 aromatic rings. The van der Waals surface area contributed by atoms with Crippen LogP contribution in [0.4, 0.5) is 0 Å². The third-order valence-electron chi connectivity index (χ3n) is 1.73. The van der Waals surface area contributed by atoms with Gasteiger partial charge in [-0.2, -0.15) is 0 Å². The molecule has 0 aliphatic heterocycles. The van der Waals surface area contributed by atoms with Crippen LogP contribution in [0.2, 0.25) is 0 Å². The second kappa shape index (κ2) is 6.15. The maximum Gasteiger partial charge on any atom is 0.336 e. The number of carboxylic acids is 1. The quantitative estimate of drug-likeness (QED) is 0.647. The molecule has 0 heterocycles. The first-order valence-electron chi connectivity index (χ1n) is 4.41. The highest BCUT2D eigenvalue weighted by atomic mass is 79.9. The zero-order chi connectivity index (χ0) is 11.3. The summed E-state index contributed by atoms with van der Waals surface area (Å²) in [5.74, 6) is -0.207. The van der Waals surface area contributed by atoms with Gasteiger partial charge in [-0.15, -0.1) is 11.8 Å². The van der Waals surface area contributed by atoms with Gasteiger partial charge in [-0.3, -0.25) is 0 Å². The van der Waals surface area contributed by atoms with Crippen molar-refractivity contribution in [3.05, 3.63) is 28.2 Å². The largest absolute Gasteiger partial charge is 0.478 e. The van der Waals surface area contributed by atoms with E-state index in [4.69, 9.17) is 10.2 Å². The van der Waals surface area contributed by atoms with E-state index in [1.54, 1.807) is 12.1 Å². The molecule has 0 aromatic heterocycles.